The van der Waals surface area contributed by atoms with Crippen LogP contribution in [-0.4, -0.2) is 188 Å². The fraction of sp³-hybridized carbons (Fsp3) is 0.391. The van der Waals surface area contributed by atoms with E-state index < -0.39 is 0 Å². The number of aromatic nitrogens is 18. The zero-order valence-electron chi connectivity index (χ0n) is 58.7. The fourth-order valence-corrected chi connectivity index (χ4v) is 10.4. The van der Waals surface area contributed by atoms with E-state index in [1.54, 1.807) is 61.4 Å². The van der Waals surface area contributed by atoms with Gasteiger partial charge in [0.25, 0.3) is 0 Å². The van der Waals surface area contributed by atoms with Gasteiger partial charge >= 0.3 is 0 Å². The van der Waals surface area contributed by atoms with Gasteiger partial charge in [0.2, 0.25) is 35.7 Å². The summed E-state index contributed by atoms with van der Waals surface area (Å²) < 4.78 is 5.56. The number of aliphatic hydroxyl groups excluding tert-OH is 4. The van der Waals surface area contributed by atoms with Crippen molar-refractivity contribution in [1.29, 1.82) is 0 Å². The number of nitrogens with two attached hydrogens (primary N) is 6. The molecule has 1 unspecified atom stereocenters. The van der Waals surface area contributed by atoms with Gasteiger partial charge in [0.15, 0.2) is 34.9 Å². The number of nitrogens with zero attached hydrogens (tertiary/aromatic N) is 18. The monoisotopic (exact) mass is 1420 g/mol. The molecule has 0 aliphatic carbocycles. The quantitative estimate of drug-likeness (QED) is 0.0231. The Morgan fingerprint density at radius 3 is 0.981 bits per heavy atom. The first-order chi connectivity index (χ1) is 50.7. The van der Waals surface area contributed by atoms with Crippen LogP contribution in [-0.2, 0) is 4.74 Å². The second kappa shape index (κ2) is 41.9. The molecular weight excluding hydrogens is 1330 g/mol. The molecule has 0 bridgehead atoms. The van der Waals surface area contributed by atoms with Gasteiger partial charge < -0.3 is 91.5 Å². The highest BCUT2D eigenvalue weighted by molar-refractivity contribution is 5.90. The van der Waals surface area contributed by atoms with Crippen molar-refractivity contribution in [1.82, 2.24) is 89.7 Å². The fourth-order valence-electron chi connectivity index (χ4n) is 10.4. The van der Waals surface area contributed by atoms with E-state index in [4.69, 9.17) is 49.4 Å². The van der Waals surface area contributed by atoms with Gasteiger partial charge in [-0.05, 0) is 111 Å². The molecular formula is C69H94N30O5. The number of nitrogens with one attached hydrogen (secondary N) is 6. The Bertz CT molecular complexity index is 4490. The average Bonchev–Trinajstić information content (AvgIpc) is 0.872. The summed E-state index contributed by atoms with van der Waals surface area (Å²) in [4.78, 5) is 75.0. The predicted octanol–water partition coefficient (Wildman–Crippen LogP) is 6.96. The van der Waals surface area contributed by atoms with Crippen LogP contribution in [0.25, 0.3) is 66.2 Å². The lowest BCUT2D eigenvalue weighted by Gasteiger charge is -2.17. The summed E-state index contributed by atoms with van der Waals surface area (Å²) in [5.41, 5.74) is 42.4. The molecule has 104 heavy (non-hydrogen) atoms. The van der Waals surface area contributed by atoms with Gasteiger partial charge in [-0.1, -0.05) is 59.3 Å². The van der Waals surface area contributed by atoms with Crippen LogP contribution < -0.4 is 66.3 Å². The van der Waals surface area contributed by atoms with Crippen molar-refractivity contribution in [3.8, 4) is 0 Å². The van der Waals surface area contributed by atoms with Gasteiger partial charge in [-0.15, -0.1) is 0 Å². The second-order valence-corrected chi connectivity index (χ2v) is 23.4. The molecule has 1 aliphatic rings. The third-order valence-electron chi connectivity index (χ3n) is 15.4. The topological polar surface area (TPSA) is 550 Å². The Morgan fingerprint density at radius 1 is 0.375 bits per heavy atom. The van der Waals surface area contributed by atoms with Crippen molar-refractivity contribution < 1.29 is 25.2 Å². The van der Waals surface area contributed by atoms with Crippen molar-refractivity contribution in [2.45, 2.75) is 116 Å². The number of fused-ring (bicyclic) bond motifs is 6. The summed E-state index contributed by atoms with van der Waals surface area (Å²) in [6.45, 7) is 10.2. The first-order valence-corrected chi connectivity index (χ1v) is 34.6. The standard InChI is InChI=1S/2C13H19N5O.C12H15N5O.C12H17N5.C10H13N5O.C9H11N5O/c2*1-2-3-5-9(8-19)16-12-11-10(6-4-7-15-11)17-13(14)18-12;13-12-16-9-4-1-5-14-10(9)11(17-12)15-7-8-3-2-6-18-8;1-2-3-4-7-15-11-10-9(6-5-8-14-10)16-12(13)17-11;11-10-14-7-3-1-4-12-8(7)9(15-10)13-5-2-6-16;10-9-13-6-2-1-3-11-7(6)8(14-9)12-4-5-15/h2*4,6-7,9,19H,2-3,5,8H2,1H3,(H3,14,16,17,18);1,4-5,8H,2-3,6-7H2,(H3,13,15,16,17);5-6,8H,2-4,7H2,1H3,(H3,13,15,16,17);1,3-4,16H,2,5-6H2,(H3,11,13,14,15);1-3,15H,4-5H2,(H3,10,12,13,14)/t2*9-;;;;/m10..../s1. The van der Waals surface area contributed by atoms with Crippen molar-refractivity contribution in [3.05, 3.63) is 110 Å². The third-order valence-corrected chi connectivity index (χ3v) is 15.4. The third kappa shape index (κ3) is 24.0. The predicted molar refractivity (Wildman–Crippen MR) is 410 cm³/mol. The van der Waals surface area contributed by atoms with E-state index in [0.717, 1.165) is 105 Å². The molecule has 13 rings (SSSR count). The number of anilines is 12. The second-order valence-electron chi connectivity index (χ2n) is 23.4. The highest BCUT2D eigenvalue weighted by Crippen LogP contribution is 2.25. The highest BCUT2D eigenvalue weighted by atomic mass is 16.5. The van der Waals surface area contributed by atoms with Crippen molar-refractivity contribution in [2.24, 2.45) is 0 Å². The molecule has 0 aromatic carbocycles. The minimum Gasteiger partial charge on any atom is -0.396 e. The van der Waals surface area contributed by atoms with Gasteiger partial charge in [-0.3, -0.25) is 29.9 Å². The van der Waals surface area contributed by atoms with E-state index in [0.29, 0.717) is 92.7 Å². The number of ether oxygens (including phenoxy) is 1. The summed E-state index contributed by atoms with van der Waals surface area (Å²) in [5, 5.41) is 55.1. The highest BCUT2D eigenvalue weighted by Gasteiger charge is 2.18. The number of nitrogen functional groups attached to an aromatic ring is 6. The Balaban J connectivity index is 0.000000158. The molecule has 12 aromatic rings. The first-order valence-electron chi connectivity index (χ1n) is 34.6. The summed E-state index contributed by atoms with van der Waals surface area (Å²) in [5.74, 6) is 5.07. The lowest BCUT2D eigenvalue weighted by Crippen LogP contribution is -2.24. The molecule has 1 fully saturated rings. The Labute approximate surface area is 600 Å². The molecule has 0 radical (unpaired) electrons. The number of unbranched alkanes of at least 4 members (excludes halogenated alkanes) is 4. The number of hydrogen-bond acceptors (Lipinski definition) is 35. The SMILES string of the molecule is CCCCCNc1nc(N)nc2cccnc12.CCCC[C@@H](CO)Nc1nc(N)nc2cccnc12.CCCC[C@H](CO)Nc1nc(N)nc2cccnc12.Nc1nc(NCC2CCCO2)c2ncccc2n1.Nc1nc(NCCCO)c2ncccc2n1.Nc1nc(NCCO)c2ncccc2n1. The molecule has 12 aromatic heterocycles. The average molecular weight is 1420 g/mol. The molecule has 35 nitrogen and oxygen atoms in total. The van der Waals surface area contributed by atoms with Crippen LogP contribution in [0, 0.1) is 0 Å². The molecule has 13 heterocycles. The van der Waals surface area contributed by atoms with Gasteiger partial charge in [-0.2, -0.15) is 29.9 Å². The van der Waals surface area contributed by atoms with Gasteiger partial charge in [0, 0.05) is 76.6 Å². The normalized spacial score (nSPS) is 12.8. The van der Waals surface area contributed by atoms with E-state index in [1.165, 1.54) is 12.8 Å². The Morgan fingerprint density at radius 2 is 0.683 bits per heavy atom. The molecule has 3 atom stereocenters. The summed E-state index contributed by atoms with van der Waals surface area (Å²) in [6, 6.07) is 21.9. The van der Waals surface area contributed by atoms with E-state index in [1.807, 2.05) is 48.5 Å². The van der Waals surface area contributed by atoms with Crippen LogP contribution in [0.2, 0.25) is 0 Å². The van der Waals surface area contributed by atoms with Crippen LogP contribution in [0.3, 0.4) is 0 Å². The summed E-state index contributed by atoms with van der Waals surface area (Å²) in [6.07, 6.45) is 22.8. The first kappa shape index (κ1) is 78.1. The van der Waals surface area contributed by atoms with Crippen LogP contribution in [0.5, 0.6) is 0 Å². The molecule has 22 N–H and O–H groups in total. The van der Waals surface area contributed by atoms with E-state index in [2.05, 4.69) is 142 Å². The minimum absolute atomic E-state index is 0.0260. The van der Waals surface area contributed by atoms with E-state index in [-0.39, 0.29) is 80.3 Å². The molecule has 550 valence electrons. The number of aliphatic hydroxyl groups is 4. The molecule has 0 amide bonds. The van der Waals surface area contributed by atoms with E-state index in [9.17, 15) is 10.2 Å². The van der Waals surface area contributed by atoms with Crippen LogP contribution in [0.4, 0.5) is 70.6 Å². The Kier molecular flexibility index (Phi) is 31.5. The number of rotatable bonds is 27. The van der Waals surface area contributed by atoms with Crippen LogP contribution >= 0.6 is 0 Å². The number of pyridine rings is 6. The molecule has 35 heteroatoms. The smallest absolute Gasteiger partial charge is 0.222 e. The maximum atomic E-state index is 9.40. The van der Waals surface area contributed by atoms with Gasteiger partial charge in [-0.25, -0.2) is 29.9 Å². The maximum absolute atomic E-state index is 9.40. The van der Waals surface area contributed by atoms with Crippen LogP contribution in [0.1, 0.15) is 97.8 Å². The zero-order valence-corrected chi connectivity index (χ0v) is 58.7. The molecule has 1 aliphatic heterocycles. The van der Waals surface area contributed by atoms with Crippen molar-refractivity contribution >= 4 is 137 Å². The minimum atomic E-state index is -0.0422. The van der Waals surface area contributed by atoms with Crippen molar-refractivity contribution in [3.63, 3.8) is 0 Å². The summed E-state index contributed by atoms with van der Waals surface area (Å²) >= 11 is 0. The molecule has 0 spiro atoms. The molecule has 1 saturated heterocycles. The largest absolute Gasteiger partial charge is 0.396 e. The van der Waals surface area contributed by atoms with Crippen LogP contribution in [0.15, 0.2) is 110 Å². The van der Waals surface area contributed by atoms with Gasteiger partial charge in [0.05, 0.1) is 71.1 Å². The lowest BCUT2D eigenvalue weighted by atomic mass is 10.1. The molecule has 0 saturated carbocycles. The summed E-state index contributed by atoms with van der Waals surface area (Å²) in [7, 11) is 0. The van der Waals surface area contributed by atoms with Crippen molar-refractivity contribution in [2.75, 3.05) is 126 Å². The number of hydrogen-bond donors (Lipinski definition) is 16. The van der Waals surface area contributed by atoms with Gasteiger partial charge in [0.1, 0.15) is 33.1 Å². The zero-order chi connectivity index (χ0) is 73.8. The maximum Gasteiger partial charge on any atom is 0.222 e. The lowest BCUT2D eigenvalue weighted by molar-refractivity contribution is 0.120. The Hall–Kier alpha value is -11.7. The van der Waals surface area contributed by atoms with E-state index >= 15 is 0 Å².